The van der Waals surface area contributed by atoms with Gasteiger partial charge in [-0.25, -0.2) is 0 Å². The number of aryl methyl sites for hydroxylation is 1. The number of anilines is 2. The second kappa shape index (κ2) is 4.01. The van der Waals surface area contributed by atoms with E-state index in [0.717, 1.165) is 0 Å². The molecule has 6 heteroatoms. The number of amides is 1. The van der Waals surface area contributed by atoms with Gasteiger partial charge in [0.1, 0.15) is 5.69 Å². The number of hydrogen-bond acceptors (Lipinski definition) is 4. The molecular formula is C10H11N5O. The third kappa shape index (κ3) is 2.00. The van der Waals surface area contributed by atoms with E-state index in [2.05, 4.69) is 15.5 Å². The lowest BCUT2D eigenvalue weighted by atomic mass is 10.4. The summed E-state index contributed by atoms with van der Waals surface area (Å²) in [5.74, 6) is 0.145. The summed E-state index contributed by atoms with van der Waals surface area (Å²) in [4.78, 5) is 11.8. The van der Waals surface area contributed by atoms with E-state index in [0.29, 0.717) is 17.2 Å². The summed E-state index contributed by atoms with van der Waals surface area (Å²) in [5, 5.41) is 10.0. The molecule has 0 aliphatic heterocycles. The van der Waals surface area contributed by atoms with Gasteiger partial charge < -0.3 is 15.6 Å². The molecule has 0 bridgehead atoms. The highest BCUT2D eigenvalue weighted by atomic mass is 16.2. The van der Waals surface area contributed by atoms with Crippen molar-refractivity contribution in [3.8, 4) is 0 Å². The third-order valence-electron chi connectivity index (χ3n) is 2.07. The van der Waals surface area contributed by atoms with Crippen LogP contribution < -0.4 is 11.1 Å². The molecule has 6 nitrogen and oxygen atoms in total. The predicted octanol–water partition coefficient (Wildman–Crippen LogP) is 0.650. The van der Waals surface area contributed by atoms with E-state index in [9.17, 15) is 4.79 Å². The van der Waals surface area contributed by atoms with E-state index in [4.69, 9.17) is 5.73 Å². The van der Waals surface area contributed by atoms with Gasteiger partial charge in [-0.1, -0.05) is 0 Å². The Morgan fingerprint density at radius 2 is 2.38 bits per heavy atom. The predicted molar refractivity (Wildman–Crippen MR) is 59.8 cm³/mol. The Labute approximate surface area is 92.1 Å². The van der Waals surface area contributed by atoms with Crippen LogP contribution in [0.2, 0.25) is 0 Å². The Hall–Kier alpha value is -2.37. The Morgan fingerprint density at radius 3 is 2.94 bits per heavy atom. The molecule has 0 aromatic carbocycles. The molecule has 0 aliphatic carbocycles. The molecule has 2 rings (SSSR count). The molecule has 0 fully saturated rings. The molecule has 82 valence electrons. The summed E-state index contributed by atoms with van der Waals surface area (Å²) in [5.41, 5.74) is 6.60. The van der Waals surface area contributed by atoms with Gasteiger partial charge in [0, 0.05) is 19.4 Å². The monoisotopic (exact) mass is 217 g/mol. The largest absolute Gasteiger partial charge is 0.397 e. The lowest BCUT2D eigenvalue weighted by Crippen LogP contribution is -2.16. The molecule has 2 aromatic rings. The maximum absolute atomic E-state index is 11.8. The lowest BCUT2D eigenvalue weighted by Gasteiger charge is -2.03. The number of carbonyl (C=O) groups excluding carboxylic acids is 1. The number of hydrogen-bond donors (Lipinski definition) is 2. The van der Waals surface area contributed by atoms with Crippen molar-refractivity contribution in [3.63, 3.8) is 0 Å². The van der Waals surface area contributed by atoms with Crippen LogP contribution in [0.4, 0.5) is 11.5 Å². The van der Waals surface area contributed by atoms with Crippen molar-refractivity contribution in [1.82, 2.24) is 14.8 Å². The van der Waals surface area contributed by atoms with Crippen molar-refractivity contribution in [2.75, 3.05) is 11.1 Å². The van der Waals surface area contributed by atoms with Gasteiger partial charge in [-0.3, -0.25) is 4.79 Å². The van der Waals surface area contributed by atoms with E-state index in [1.54, 1.807) is 36.0 Å². The molecule has 0 spiro atoms. The van der Waals surface area contributed by atoms with Gasteiger partial charge in [-0.2, -0.15) is 5.10 Å². The Balaban J connectivity index is 2.18. The first-order valence-electron chi connectivity index (χ1n) is 4.67. The zero-order valence-electron chi connectivity index (χ0n) is 8.71. The molecule has 2 heterocycles. The number of carbonyl (C=O) groups is 1. The molecule has 0 radical (unpaired) electrons. The van der Waals surface area contributed by atoms with Crippen molar-refractivity contribution < 1.29 is 4.79 Å². The first kappa shape index (κ1) is 10.2. The zero-order valence-corrected chi connectivity index (χ0v) is 8.71. The summed E-state index contributed by atoms with van der Waals surface area (Å²) in [7, 11) is 1.75. The highest BCUT2D eigenvalue weighted by Crippen LogP contribution is 2.10. The van der Waals surface area contributed by atoms with Crippen molar-refractivity contribution in [1.29, 1.82) is 0 Å². The van der Waals surface area contributed by atoms with E-state index >= 15 is 0 Å². The number of rotatable bonds is 2. The maximum atomic E-state index is 11.8. The van der Waals surface area contributed by atoms with Gasteiger partial charge >= 0.3 is 0 Å². The van der Waals surface area contributed by atoms with Gasteiger partial charge in [0.2, 0.25) is 0 Å². The minimum Gasteiger partial charge on any atom is -0.397 e. The molecule has 0 unspecified atom stereocenters. The maximum Gasteiger partial charge on any atom is 0.273 e. The second-order valence-corrected chi connectivity index (χ2v) is 3.33. The summed E-state index contributed by atoms with van der Waals surface area (Å²) >= 11 is 0. The van der Waals surface area contributed by atoms with E-state index in [1.807, 2.05) is 0 Å². The van der Waals surface area contributed by atoms with Gasteiger partial charge in [0.15, 0.2) is 5.82 Å². The normalized spacial score (nSPS) is 10.1. The molecule has 16 heavy (non-hydrogen) atoms. The SMILES string of the molecule is Cn1cc(N)cc1C(=O)Nc1cccnn1. The summed E-state index contributed by atoms with van der Waals surface area (Å²) in [6.07, 6.45) is 3.21. The fraction of sp³-hybridized carbons (Fsp3) is 0.100. The van der Waals surface area contributed by atoms with Crippen LogP contribution in [0.1, 0.15) is 10.5 Å². The van der Waals surface area contributed by atoms with Crippen molar-refractivity contribution >= 4 is 17.4 Å². The Kier molecular flexibility index (Phi) is 2.55. The molecule has 3 N–H and O–H groups in total. The average molecular weight is 217 g/mol. The van der Waals surface area contributed by atoms with Crippen LogP contribution in [0, 0.1) is 0 Å². The topological polar surface area (TPSA) is 85.8 Å². The van der Waals surface area contributed by atoms with E-state index in [1.165, 1.54) is 6.20 Å². The smallest absolute Gasteiger partial charge is 0.273 e. The van der Waals surface area contributed by atoms with Crippen LogP contribution in [-0.2, 0) is 7.05 Å². The number of nitrogen functional groups attached to an aromatic ring is 1. The van der Waals surface area contributed by atoms with Crippen LogP contribution in [-0.4, -0.2) is 20.7 Å². The minimum atomic E-state index is -0.264. The third-order valence-corrected chi connectivity index (χ3v) is 2.07. The molecule has 0 saturated heterocycles. The molecular weight excluding hydrogens is 206 g/mol. The highest BCUT2D eigenvalue weighted by molar-refractivity contribution is 6.03. The average Bonchev–Trinajstić information content (AvgIpc) is 2.59. The first-order valence-corrected chi connectivity index (χ1v) is 4.67. The van der Waals surface area contributed by atoms with Gasteiger partial charge in [0.05, 0.1) is 5.69 Å². The van der Waals surface area contributed by atoms with Crippen molar-refractivity contribution in [2.24, 2.45) is 7.05 Å². The van der Waals surface area contributed by atoms with E-state index < -0.39 is 0 Å². The van der Waals surface area contributed by atoms with Crippen LogP contribution in [0.3, 0.4) is 0 Å². The molecule has 0 aliphatic rings. The zero-order chi connectivity index (χ0) is 11.5. The van der Waals surface area contributed by atoms with Crippen molar-refractivity contribution in [3.05, 3.63) is 36.3 Å². The summed E-state index contributed by atoms with van der Waals surface area (Å²) < 4.78 is 1.65. The number of nitrogens with two attached hydrogens (primary N) is 1. The highest BCUT2D eigenvalue weighted by Gasteiger charge is 2.11. The first-order chi connectivity index (χ1) is 7.66. The fourth-order valence-corrected chi connectivity index (χ4v) is 1.36. The van der Waals surface area contributed by atoms with Crippen LogP contribution in [0.25, 0.3) is 0 Å². The minimum absolute atomic E-state index is 0.264. The van der Waals surface area contributed by atoms with E-state index in [-0.39, 0.29) is 5.91 Å². The summed E-state index contributed by atoms with van der Waals surface area (Å²) in [6, 6.07) is 4.96. The Morgan fingerprint density at radius 1 is 1.56 bits per heavy atom. The molecule has 0 atom stereocenters. The van der Waals surface area contributed by atoms with Crippen LogP contribution in [0.5, 0.6) is 0 Å². The fourth-order valence-electron chi connectivity index (χ4n) is 1.36. The molecule has 1 amide bonds. The number of aromatic nitrogens is 3. The molecule has 0 saturated carbocycles. The van der Waals surface area contributed by atoms with Gasteiger partial charge in [-0.05, 0) is 18.2 Å². The Bertz CT molecular complexity index is 505. The van der Waals surface area contributed by atoms with Crippen molar-refractivity contribution in [2.45, 2.75) is 0 Å². The molecule has 2 aromatic heterocycles. The van der Waals surface area contributed by atoms with Gasteiger partial charge in [0.25, 0.3) is 5.91 Å². The second-order valence-electron chi connectivity index (χ2n) is 3.33. The number of nitrogens with zero attached hydrogens (tertiary/aromatic N) is 3. The van der Waals surface area contributed by atoms with Gasteiger partial charge in [-0.15, -0.1) is 5.10 Å². The quantitative estimate of drug-likeness (QED) is 0.773. The summed E-state index contributed by atoms with van der Waals surface area (Å²) in [6.45, 7) is 0. The standard InChI is InChI=1S/C10H11N5O/c1-15-6-7(11)5-8(15)10(16)13-9-3-2-4-12-14-9/h2-6H,11H2,1H3,(H,13,14,16). The number of nitrogens with one attached hydrogen (secondary N) is 1. The van der Waals surface area contributed by atoms with Crippen LogP contribution in [0.15, 0.2) is 30.6 Å². The lowest BCUT2D eigenvalue weighted by molar-refractivity contribution is 0.101. The van der Waals surface area contributed by atoms with Crippen LogP contribution >= 0.6 is 0 Å².